The van der Waals surface area contributed by atoms with Gasteiger partial charge in [0, 0.05) is 56.3 Å². The van der Waals surface area contributed by atoms with E-state index in [2.05, 4.69) is 4.98 Å². The van der Waals surface area contributed by atoms with Gasteiger partial charge in [-0.15, -0.1) is 0 Å². The lowest BCUT2D eigenvalue weighted by Gasteiger charge is -2.32. The monoisotopic (exact) mass is 372 g/mol. The zero-order valence-electron chi connectivity index (χ0n) is 15.6. The Morgan fingerprint density at radius 3 is 2.65 bits per heavy atom. The zero-order valence-corrected chi connectivity index (χ0v) is 16.3. The maximum Gasteiger partial charge on any atom is 0.225 e. The van der Waals surface area contributed by atoms with E-state index in [-0.39, 0.29) is 5.91 Å². The predicted molar refractivity (Wildman–Crippen MR) is 106 cm³/mol. The van der Waals surface area contributed by atoms with Crippen molar-refractivity contribution in [3.05, 3.63) is 41.2 Å². The number of hydrogen-bond donors (Lipinski definition) is 0. The summed E-state index contributed by atoms with van der Waals surface area (Å²) in [5.74, 6) is 1.25. The minimum absolute atomic E-state index is 0.232. The molecule has 1 aromatic carbocycles. The highest BCUT2D eigenvalue weighted by Gasteiger charge is 2.26. The lowest BCUT2D eigenvalue weighted by Crippen LogP contribution is -2.37. The Morgan fingerprint density at radius 2 is 2.04 bits per heavy atom. The summed E-state index contributed by atoms with van der Waals surface area (Å²) >= 11 is 6.19. The van der Waals surface area contributed by atoms with Gasteiger partial charge in [-0.1, -0.05) is 30.7 Å². The number of anilines is 1. The highest BCUT2D eigenvalue weighted by atomic mass is 35.5. The van der Waals surface area contributed by atoms with Crippen molar-refractivity contribution in [1.82, 2.24) is 14.9 Å². The van der Waals surface area contributed by atoms with Crippen LogP contribution in [0.25, 0.3) is 11.1 Å². The van der Waals surface area contributed by atoms with Gasteiger partial charge in [-0.25, -0.2) is 9.97 Å². The number of benzene rings is 1. The van der Waals surface area contributed by atoms with E-state index >= 15 is 0 Å². The molecule has 6 heteroatoms. The molecule has 26 heavy (non-hydrogen) atoms. The van der Waals surface area contributed by atoms with Crippen molar-refractivity contribution < 1.29 is 4.79 Å². The molecule has 0 aliphatic carbocycles. The van der Waals surface area contributed by atoms with E-state index in [0.717, 1.165) is 42.8 Å². The predicted octanol–water partition coefficient (Wildman–Crippen LogP) is 3.98. The number of nitrogens with zero attached hydrogens (tertiary/aromatic N) is 4. The van der Waals surface area contributed by atoms with Crippen LogP contribution in [0.2, 0.25) is 5.02 Å². The Bertz CT molecular complexity index is 785. The van der Waals surface area contributed by atoms with Gasteiger partial charge in [0.1, 0.15) is 0 Å². The smallest absolute Gasteiger partial charge is 0.225 e. The summed E-state index contributed by atoms with van der Waals surface area (Å²) in [7, 11) is 3.89. The van der Waals surface area contributed by atoms with Crippen LogP contribution in [0, 0.1) is 0 Å². The molecule has 1 fully saturated rings. The highest BCUT2D eigenvalue weighted by Crippen LogP contribution is 2.35. The fraction of sp³-hybridized carbons (Fsp3) is 0.450. The second-order valence-electron chi connectivity index (χ2n) is 6.88. The van der Waals surface area contributed by atoms with Crippen molar-refractivity contribution >= 4 is 23.5 Å². The first-order chi connectivity index (χ1) is 12.5. The van der Waals surface area contributed by atoms with Crippen molar-refractivity contribution in [3.63, 3.8) is 0 Å². The number of aromatic nitrogens is 2. The van der Waals surface area contributed by atoms with E-state index in [1.165, 1.54) is 0 Å². The van der Waals surface area contributed by atoms with Gasteiger partial charge in [0.25, 0.3) is 0 Å². The van der Waals surface area contributed by atoms with Crippen LogP contribution in [0.1, 0.15) is 37.8 Å². The SMILES string of the molecule is CCC(=O)N1CCC(c2nc(N(C)C)ncc2-c2cccc(Cl)c2)CC1. The Balaban J connectivity index is 1.94. The number of piperidine rings is 1. The van der Waals surface area contributed by atoms with Gasteiger partial charge in [-0.05, 0) is 30.5 Å². The highest BCUT2D eigenvalue weighted by molar-refractivity contribution is 6.30. The first kappa shape index (κ1) is 18.6. The van der Waals surface area contributed by atoms with E-state index in [1.54, 1.807) is 0 Å². The topological polar surface area (TPSA) is 49.3 Å². The quantitative estimate of drug-likeness (QED) is 0.814. The molecule has 5 nitrogen and oxygen atoms in total. The normalized spacial score (nSPS) is 15.2. The van der Waals surface area contributed by atoms with E-state index in [9.17, 15) is 4.79 Å². The molecule has 0 N–H and O–H groups in total. The van der Waals surface area contributed by atoms with Crippen LogP contribution in [0.4, 0.5) is 5.95 Å². The van der Waals surface area contributed by atoms with Crippen LogP contribution in [0.15, 0.2) is 30.5 Å². The van der Waals surface area contributed by atoms with Crippen molar-refractivity contribution in [1.29, 1.82) is 0 Å². The molecule has 3 rings (SSSR count). The minimum atomic E-state index is 0.232. The molecule has 2 heterocycles. The third kappa shape index (κ3) is 3.98. The molecule has 0 spiro atoms. The van der Waals surface area contributed by atoms with Crippen molar-refractivity contribution in [2.75, 3.05) is 32.1 Å². The summed E-state index contributed by atoms with van der Waals surface area (Å²) in [6.45, 7) is 3.49. The molecule has 1 aliphatic heterocycles. The van der Waals surface area contributed by atoms with Gasteiger partial charge in [0.15, 0.2) is 0 Å². The Hall–Kier alpha value is -2.14. The van der Waals surface area contributed by atoms with Gasteiger partial charge in [0.2, 0.25) is 11.9 Å². The van der Waals surface area contributed by atoms with E-state index in [1.807, 2.05) is 61.3 Å². The summed E-state index contributed by atoms with van der Waals surface area (Å²) < 4.78 is 0. The second kappa shape index (κ2) is 8.04. The fourth-order valence-electron chi connectivity index (χ4n) is 3.42. The Labute approximate surface area is 160 Å². The maximum atomic E-state index is 12.0. The van der Waals surface area contributed by atoms with Crippen LogP contribution in [0.5, 0.6) is 0 Å². The number of carbonyl (C=O) groups excluding carboxylic acids is 1. The Morgan fingerprint density at radius 1 is 1.31 bits per heavy atom. The summed E-state index contributed by atoms with van der Waals surface area (Å²) in [6, 6.07) is 7.81. The standard InChI is InChI=1S/C20H25ClN4O/c1-4-18(26)25-10-8-14(9-11-25)19-17(13-22-20(23-19)24(2)3)15-6-5-7-16(21)12-15/h5-7,12-14H,4,8-11H2,1-3H3. The average molecular weight is 373 g/mol. The van der Waals surface area contributed by atoms with Gasteiger partial charge >= 0.3 is 0 Å². The summed E-state index contributed by atoms with van der Waals surface area (Å²) in [6.07, 6.45) is 4.30. The van der Waals surface area contributed by atoms with Crippen LogP contribution < -0.4 is 4.90 Å². The van der Waals surface area contributed by atoms with Crippen LogP contribution in [0.3, 0.4) is 0 Å². The van der Waals surface area contributed by atoms with E-state index in [0.29, 0.717) is 23.3 Å². The first-order valence-electron chi connectivity index (χ1n) is 9.07. The number of halogens is 1. The average Bonchev–Trinajstić information content (AvgIpc) is 2.67. The third-order valence-electron chi connectivity index (χ3n) is 4.88. The molecule has 0 unspecified atom stereocenters. The van der Waals surface area contributed by atoms with Crippen molar-refractivity contribution in [2.45, 2.75) is 32.1 Å². The van der Waals surface area contributed by atoms with Crippen molar-refractivity contribution in [3.8, 4) is 11.1 Å². The van der Waals surface area contributed by atoms with E-state index < -0.39 is 0 Å². The second-order valence-corrected chi connectivity index (χ2v) is 7.32. The van der Waals surface area contributed by atoms with Crippen LogP contribution in [-0.4, -0.2) is 48.0 Å². The lowest BCUT2D eigenvalue weighted by molar-refractivity contribution is -0.131. The molecule has 1 aromatic heterocycles. The molecule has 0 saturated carbocycles. The fourth-order valence-corrected chi connectivity index (χ4v) is 3.61. The van der Waals surface area contributed by atoms with Crippen molar-refractivity contribution in [2.24, 2.45) is 0 Å². The number of carbonyl (C=O) groups is 1. The molecule has 138 valence electrons. The molecule has 0 radical (unpaired) electrons. The van der Waals surface area contributed by atoms with Gasteiger partial charge in [-0.3, -0.25) is 4.79 Å². The van der Waals surface area contributed by atoms with Gasteiger partial charge < -0.3 is 9.80 Å². The first-order valence-corrected chi connectivity index (χ1v) is 9.45. The molecule has 1 amide bonds. The molecule has 0 bridgehead atoms. The van der Waals surface area contributed by atoms with Gasteiger partial charge in [-0.2, -0.15) is 0 Å². The third-order valence-corrected chi connectivity index (χ3v) is 5.11. The number of amides is 1. The maximum absolute atomic E-state index is 12.0. The summed E-state index contributed by atoms with van der Waals surface area (Å²) in [5, 5.41) is 0.702. The van der Waals surface area contributed by atoms with Crippen LogP contribution >= 0.6 is 11.6 Å². The minimum Gasteiger partial charge on any atom is -0.347 e. The number of rotatable bonds is 4. The molecule has 2 aromatic rings. The molecule has 1 aliphatic rings. The largest absolute Gasteiger partial charge is 0.347 e. The number of hydrogen-bond acceptors (Lipinski definition) is 4. The molecular formula is C20H25ClN4O. The Kier molecular flexibility index (Phi) is 5.77. The van der Waals surface area contributed by atoms with Crippen LogP contribution in [-0.2, 0) is 4.79 Å². The zero-order chi connectivity index (χ0) is 18.7. The molecule has 1 saturated heterocycles. The summed E-state index contributed by atoms with van der Waals surface area (Å²) in [4.78, 5) is 25.2. The molecular weight excluding hydrogens is 348 g/mol. The molecule has 0 atom stereocenters. The lowest BCUT2D eigenvalue weighted by atomic mass is 9.89. The summed E-state index contributed by atoms with van der Waals surface area (Å²) in [5.41, 5.74) is 3.11. The number of likely N-dealkylation sites (tertiary alicyclic amines) is 1. The van der Waals surface area contributed by atoms with E-state index in [4.69, 9.17) is 16.6 Å². The van der Waals surface area contributed by atoms with Gasteiger partial charge in [0.05, 0.1) is 5.69 Å².